The molecular weight excluding hydrogens is 458 g/mol. The molecule has 4 aromatic carbocycles. The van der Waals surface area contributed by atoms with Crippen molar-refractivity contribution in [1.82, 2.24) is 15.1 Å². The van der Waals surface area contributed by atoms with Crippen LogP contribution in [0.25, 0.3) is 27.7 Å². The Bertz CT molecular complexity index is 1490. The van der Waals surface area contributed by atoms with Crippen molar-refractivity contribution in [2.45, 2.75) is 26.8 Å². The monoisotopic (exact) mass is 489 g/mol. The minimum atomic E-state index is -0.113. The first-order valence-corrected chi connectivity index (χ1v) is 12.7. The number of nitrogens with one attached hydrogen (secondary N) is 1. The lowest BCUT2D eigenvalue weighted by Gasteiger charge is -2.09. The zero-order valence-electron chi connectivity index (χ0n) is 21.2. The minimum Gasteiger partial charge on any atom is -0.494 e. The summed E-state index contributed by atoms with van der Waals surface area (Å²) >= 11 is 0. The van der Waals surface area contributed by atoms with Crippen LogP contribution in [0.1, 0.15) is 36.2 Å². The van der Waals surface area contributed by atoms with Gasteiger partial charge in [0.15, 0.2) is 0 Å². The first-order chi connectivity index (χ1) is 18.1. The van der Waals surface area contributed by atoms with Gasteiger partial charge >= 0.3 is 0 Å². The number of rotatable bonds is 9. The molecule has 5 nitrogen and oxygen atoms in total. The maximum atomic E-state index is 13.0. The van der Waals surface area contributed by atoms with Crippen molar-refractivity contribution < 1.29 is 9.53 Å². The van der Waals surface area contributed by atoms with Crippen LogP contribution < -0.4 is 10.1 Å². The van der Waals surface area contributed by atoms with Crippen LogP contribution in [0.3, 0.4) is 0 Å². The maximum Gasteiger partial charge on any atom is 0.251 e. The van der Waals surface area contributed by atoms with Crippen molar-refractivity contribution in [3.8, 4) is 22.7 Å². The molecule has 0 radical (unpaired) electrons. The molecule has 0 atom stereocenters. The number of ether oxygens (including phenoxy) is 1. The van der Waals surface area contributed by atoms with E-state index in [-0.39, 0.29) is 5.91 Å². The number of nitrogens with zero attached hydrogens (tertiary/aromatic N) is 2. The highest BCUT2D eigenvalue weighted by atomic mass is 16.5. The average molecular weight is 490 g/mol. The second kappa shape index (κ2) is 11.1. The fourth-order valence-electron chi connectivity index (χ4n) is 4.22. The van der Waals surface area contributed by atoms with E-state index in [9.17, 15) is 4.79 Å². The van der Waals surface area contributed by atoms with Crippen LogP contribution in [0.4, 0.5) is 0 Å². The van der Waals surface area contributed by atoms with E-state index in [1.807, 2.05) is 108 Å². The normalized spacial score (nSPS) is 11.1. The zero-order chi connectivity index (χ0) is 25.6. The fourth-order valence-corrected chi connectivity index (χ4v) is 4.22. The number of amides is 1. The molecule has 0 aliphatic carbocycles. The van der Waals surface area contributed by atoms with Crippen LogP contribution in [-0.2, 0) is 6.54 Å². The zero-order valence-corrected chi connectivity index (χ0v) is 21.2. The number of hydrogen-bond donors (Lipinski definition) is 1. The number of para-hydroxylation sites is 1. The second-order valence-corrected chi connectivity index (χ2v) is 9.58. The van der Waals surface area contributed by atoms with E-state index in [0.717, 1.165) is 45.5 Å². The molecule has 0 bridgehead atoms. The summed E-state index contributed by atoms with van der Waals surface area (Å²) in [5.41, 5.74) is 4.34. The molecule has 37 heavy (non-hydrogen) atoms. The van der Waals surface area contributed by atoms with E-state index in [1.165, 1.54) is 0 Å². The summed E-state index contributed by atoms with van der Waals surface area (Å²) in [6.07, 6.45) is 3.00. The van der Waals surface area contributed by atoms with Crippen LogP contribution in [0.5, 0.6) is 5.75 Å². The molecule has 186 valence electrons. The number of aromatic nitrogens is 2. The van der Waals surface area contributed by atoms with E-state index < -0.39 is 0 Å². The molecule has 5 aromatic rings. The van der Waals surface area contributed by atoms with Crippen LogP contribution in [0.2, 0.25) is 0 Å². The molecule has 0 saturated carbocycles. The Balaban J connectivity index is 1.38. The van der Waals surface area contributed by atoms with E-state index in [4.69, 9.17) is 9.84 Å². The largest absolute Gasteiger partial charge is 0.494 e. The third-order valence-electron chi connectivity index (χ3n) is 6.35. The summed E-state index contributed by atoms with van der Waals surface area (Å²) in [6.45, 7) is 5.44. The Kier molecular flexibility index (Phi) is 7.31. The van der Waals surface area contributed by atoms with Crippen LogP contribution >= 0.6 is 0 Å². The van der Waals surface area contributed by atoms with Crippen molar-refractivity contribution in [2.24, 2.45) is 5.92 Å². The summed E-state index contributed by atoms with van der Waals surface area (Å²) < 4.78 is 7.75. The quantitative estimate of drug-likeness (QED) is 0.241. The highest BCUT2D eigenvalue weighted by Gasteiger charge is 2.15. The summed E-state index contributed by atoms with van der Waals surface area (Å²) in [7, 11) is 0. The van der Waals surface area contributed by atoms with Crippen molar-refractivity contribution >= 4 is 16.7 Å². The van der Waals surface area contributed by atoms with Gasteiger partial charge < -0.3 is 10.1 Å². The van der Waals surface area contributed by atoms with Gasteiger partial charge in [-0.3, -0.25) is 4.79 Å². The molecular formula is C32H31N3O2. The third-order valence-corrected chi connectivity index (χ3v) is 6.35. The second-order valence-electron chi connectivity index (χ2n) is 9.58. The number of hydrogen-bond acceptors (Lipinski definition) is 3. The summed E-state index contributed by atoms with van der Waals surface area (Å²) in [5, 5.41) is 10.1. The minimum absolute atomic E-state index is 0.113. The molecule has 0 unspecified atom stereocenters. The molecule has 0 fully saturated rings. The average Bonchev–Trinajstić information content (AvgIpc) is 3.36. The van der Waals surface area contributed by atoms with Gasteiger partial charge in [-0.05, 0) is 71.6 Å². The Morgan fingerprint density at radius 2 is 1.62 bits per heavy atom. The lowest BCUT2D eigenvalue weighted by Crippen LogP contribution is -2.22. The number of fused-ring (bicyclic) bond motifs is 1. The predicted octanol–water partition coefficient (Wildman–Crippen LogP) is 7.05. The molecule has 0 aliphatic heterocycles. The molecule has 1 amide bonds. The molecule has 0 spiro atoms. The smallest absolute Gasteiger partial charge is 0.251 e. The third kappa shape index (κ3) is 5.89. The van der Waals surface area contributed by atoms with E-state index in [0.29, 0.717) is 24.6 Å². The Morgan fingerprint density at radius 3 is 2.38 bits per heavy atom. The van der Waals surface area contributed by atoms with Gasteiger partial charge in [0.1, 0.15) is 5.75 Å². The Morgan fingerprint density at radius 1 is 0.892 bits per heavy atom. The SMILES string of the molecule is CC(C)CCOc1ccc(-c2nn(-c3ccccc3)cc2CNC(=O)c2ccc3ccccc3c2)cc1. The van der Waals surface area contributed by atoms with Gasteiger partial charge in [-0.2, -0.15) is 5.10 Å². The number of carbonyl (C=O) groups excluding carboxylic acids is 1. The Labute approximate surface area is 217 Å². The standard InChI is InChI=1S/C32H31N3O2/c1-23(2)18-19-37-30-16-14-25(15-17-30)31-28(22-35(34-31)29-10-4-3-5-11-29)21-33-32(36)27-13-12-24-8-6-7-9-26(24)20-27/h3-17,20,22-23H,18-19,21H2,1-2H3,(H,33,36). The van der Waals surface area contributed by atoms with E-state index in [1.54, 1.807) is 0 Å². The van der Waals surface area contributed by atoms with Crippen molar-refractivity contribution in [3.63, 3.8) is 0 Å². The molecule has 1 heterocycles. The highest BCUT2D eigenvalue weighted by Crippen LogP contribution is 2.26. The Hall–Kier alpha value is -4.38. The molecule has 5 heteroatoms. The van der Waals surface area contributed by atoms with E-state index in [2.05, 4.69) is 19.2 Å². The topological polar surface area (TPSA) is 56.1 Å². The predicted molar refractivity (Wildman–Crippen MR) is 149 cm³/mol. The fraction of sp³-hybridized carbons (Fsp3) is 0.188. The lowest BCUT2D eigenvalue weighted by atomic mass is 10.1. The summed E-state index contributed by atoms with van der Waals surface area (Å²) in [4.78, 5) is 13.0. The first-order valence-electron chi connectivity index (χ1n) is 12.7. The van der Waals surface area contributed by atoms with E-state index >= 15 is 0 Å². The van der Waals surface area contributed by atoms with Gasteiger partial charge in [0.25, 0.3) is 5.91 Å². The van der Waals surface area contributed by atoms with Crippen LogP contribution in [0.15, 0.2) is 103 Å². The van der Waals surface area contributed by atoms with Gasteiger partial charge in [0.05, 0.1) is 18.0 Å². The van der Waals surface area contributed by atoms with Gasteiger partial charge in [0, 0.05) is 29.4 Å². The summed E-state index contributed by atoms with van der Waals surface area (Å²) in [6, 6.07) is 31.8. The van der Waals surface area contributed by atoms with Gasteiger partial charge in [-0.1, -0.05) is 62.4 Å². The first kappa shape index (κ1) is 24.3. The van der Waals surface area contributed by atoms with Gasteiger partial charge in [-0.15, -0.1) is 0 Å². The molecule has 1 aromatic heterocycles. The molecule has 0 aliphatic rings. The van der Waals surface area contributed by atoms with Crippen molar-refractivity contribution in [3.05, 3.63) is 114 Å². The maximum absolute atomic E-state index is 13.0. The lowest BCUT2D eigenvalue weighted by molar-refractivity contribution is 0.0951. The van der Waals surface area contributed by atoms with Gasteiger partial charge in [-0.25, -0.2) is 4.68 Å². The van der Waals surface area contributed by atoms with Crippen molar-refractivity contribution in [2.75, 3.05) is 6.61 Å². The van der Waals surface area contributed by atoms with Crippen LogP contribution in [0, 0.1) is 5.92 Å². The highest BCUT2D eigenvalue weighted by molar-refractivity contribution is 5.98. The summed E-state index contributed by atoms with van der Waals surface area (Å²) in [5.74, 6) is 1.34. The molecule has 0 saturated heterocycles. The molecule has 5 rings (SSSR count). The van der Waals surface area contributed by atoms with Crippen molar-refractivity contribution in [1.29, 1.82) is 0 Å². The number of benzene rings is 4. The van der Waals surface area contributed by atoms with Gasteiger partial charge in [0.2, 0.25) is 0 Å². The molecule has 1 N–H and O–H groups in total. The number of carbonyl (C=O) groups is 1. The van der Waals surface area contributed by atoms with Crippen LogP contribution in [-0.4, -0.2) is 22.3 Å².